The lowest BCUT2D eigenvalue weighted by molar-refractivity contribution is -0.119. The predicted octanol–water partition coefficient (Wildman–Crippen LogP) is 2.28. The molecule has 3 N–H and O–H groups in total. The van der Waals surface area contributed by atoms with E-state index in [0.717, 1.165) is 16.2 Å². The second-order valence-electron chi connectivity index (χ2n) is 4.35. The van der Waals surface area contributed by atoms with Crippen molar-refractivity contribution in [2.75, 3.05) is 31.3 Å². The van der Waals surface area contributed by atoms with Gasteiger partial charge in [0, 0.05) is 20.5 Å². The minimum atomic E-state index is -4.43. The van der Waals surface area contributed by atoms with E-state index < -0.39 is 18.6 Å². The highest BCUT2D eigenvalue weighted by molar-refractivity contribution is 7.19. The Labute approximate surface area is 123 Å². The summed E-state index contributed by atoms with van der Waals surface area (Å²) in [7, 11) is 2.54. The predicted molar refractivity (Wildman–Crippen MR) is 76.1 cm³/mol. The van der Waals surface area contributed by atoms with Crippen LogP contribution in [-0.4, -0.2) is 38.5 Å². The topological polar surface area (TPSA) is 75.4 Å². The molecular weight excluding hydrogens is 307 g/mol. The Bertz CT molecular complexity index is 555. The van der Waals surface area contributed by atoms with E-state index in [4.69, 9.17) is 5.73 Å². The summed E-state index contributed by atoms with van der Waals surface area (Å²) in [5, 5.41) is 2.35. The minimum Gasteiger partial charge on any atom is -0.397 e. The SMILES string of the molecule is CCC(=O)c1sc(N(C)CC(F)(F)F)c(C(=O)NC)c1N. The lowest BCUT2D eigenvalue weighted by Crippen LogP contribution is -2.32. The molecule has 0 fully saturated rings. The van der Waals surface area contributed by atoms with Gasteiger partial charge in [0.25, 0.3) is 5.91 Å². The van der Waals surface area contributed by atoms with Crippen molar-refractivity contribution in [3.63, 3.8) is 0 Å². The number of ketones is 1. The number of halogens is 3. The van der Waals surface area contributed by atoms with Crippen molar-refractivity contribution in [3.05, 3.63) is 10.4 Å². The van der Waals surface area contributed by atoms with E-state index in [1.807, 2.05) is 0 Å². The Hall–Kier alpha value is -1.77. The fraction of sp³-hybridized carbons (Fsp3) is 0.500. The second kappa shape index (κ2) is 6.33. The lowest BCUT2D eigenvalue weighted by Gasteiger charge is -2.20. The quantitative estimate of drug-likeness (QED) is 0.815. The first kappa shape index (κ1) is 17.3. The minimum absolute atomic E-state index is 0.0287. The van der Waals surface area contributed by atoms with Crippen molar-refractivity contribution < 1.29 is 22.8 Å². The summed E-state index contributed by atoms with van der Waals surface area (Å²) in [5.74, 6) is -0.933. The van der Waals surface area contributed by atoms with Crippen LogP contribution in [0.25, 0.3) is 0 Å². The fourth-order valence-corrected chi connectivity index (χ4v) is 2.94. The maximum atomic E-state index is 12.5. The standard InChI is InChI=1S/C12H16F3N3O2S/c1-4-6(19)9-8(16)7(10(20)17-2)11(21-9)18(3)5-12(13,14)15/h4-5,16H2,1-3H3,(H,17,20). The molecule has 1 heterocycles. The van der Waals surface area contributed by atoms with Crippen LogP contribution >= 0.6 is 11.3 Å². The van der Waals surface area contributed by atoms with Gasteiger partial charge >= 0.3 is 6.18 Å². The number of nitrogens with two attached hydrogens (primary N) is 1. The highest BCUT2D eigenvalue weighted by atomic mass is 32.1. The number of carbonyl (C=O) groups excluding carboxylic acids is 2. The molecule has 1 rings (SSSR count). The van der Waals surface area contributed by atoms with E-state index in [1.54, 1.807) is 6.92 Å². The largest absolute Gasteiger partial charge is 0.405 e. The molecule has 0 aromatic carbocycles. The van der Waals surface area contributed by atoms with E-state index >= 15 is 0 Å². The summed E-state index contributed by atoms with van der Waals surface area (Å²) in [6.07, 6.45) is -4.28. The van der Waals surface area contributed by atoms with E-state index in [1.165, 1.54) is 14.1 Å². The zero-order chi connectivity index (χ0) is 16.4. The number of carbonyl (C=O) groups is 2. The van der Waals surface area contributed by atoms with Gasteiger partial charge in [-0.15, -0.1) is 11.3 Å². The van der Waals surface area contributed by atoms with Crippen LogP contribution in [0.2, 0.25) is 0 Å². The molecule has 0 aliphatic heterocycles. The average molecular weight is 323 g/mol. The first-order valence-electron chi connectivity index (χ1n) is 6.07. The number of hydrogen-bond donors (Lipinski definition) is 2. The van der Waals surface area contributed by atoms with Crippen molar-refractivity contribution in [2.24, 2.45) is 0 Å². The van der Waals surface area contributed by atoms with Gasteiger partial charge in [0.1, 0.15) is 11.5 Å². The molecule has 9 heteroatoms. The van der Waals surface area contributed by atoms with Gasteiger partial charge in [-0.3, -0.25) is 9.59 Å². The summed E-state index contributed by atoms with van der Waals surface area (Å²) in [4.78, 5) is 24.6. The third-order valence-corrected chi connectivity index (χ3v) is 4.08. The molecule has 0 radical (unpaired) electrons. The fourth-order valence-electron chi connectivity index (χ4n) is 1.75. The first-order chi connectivity index (χ1) is 9.62. The van der Waals surface area contributed by atoms with Crippen LogP contribution in [0.15, 0.2) is 0 Å². The zero-order valence-electron chi connectivity index (χ0n) is 11.8. The third kappa shape index (κ3) is 3.87. The van der Waals surface area contributed by atoms with Crippen LogP contribution in [0.1, 0.15) is 33.4 Å². The first-order valence-corrected chi connectivity index (χ1v) is 6.89. The van der Waals surface area contributed by atoms with Gasteiger partial charge in [-0.2, -0.15) is 13.2 Å². The van der Waals surface area contributed by atoms with Gasteiger partial charge in [-0.1, -0.05) is 6.92 Å². The summed E-state index contributed by atoms with van der Waals surface area (Å²) in [5.41, 5.74) is 5.61. The molecule has 1 amide bonds. The van der Waals surface area contributed by atoms with Crippen LogP contribution in [-0.2, 0) is 0 Å². The highest BCUT2D eigenvalue weighted by Crippen LogP contribution is 2.39. The van der Waals surface area contributed by atoms with E-state index in [9.17, 15) is 22.8 Å². The van der Waals surface area contributed by atoms with Crippen LogP contribution in [0.5, 0.6) is 0 Å². The molecule has 0 saturated carbocycles. The Morgan fingerprint density at radius 2 is 1.95 bits per heavy atom. The molecule has 118 valence electrons. The lowest BCUT2D eigenvalue weighted by atomic mass is 10.1. The Morgan fingerprint density at radius 1 is 1.38 bits per heavy atom. The van der Waals surface area contributed by atoms with Gasteiger partial charge in [-0.05, 0) is 0 Å². The summed E-state index contributed by atoms with van der Waals surface area (Å²) in [6, 6.07) is 0. The molecule has 21 heavy (non-hydrogen) atoms. The maximum Gasteiger partial charge on any atom is 0.405 e. The van der Waals surface area contributed by atoms with Gasteiger partial charge in [-0.25, -0.2) is 0 Å². The van der Waals surface area contributed by atoms with Crippen molar-refractivity contribution in [2.45, 2.75) is 19.5 Å². The summed E-state index contributed by atoms with van der Waals surface area (Å²) >= 11 is 0.802. The molecule has 1 aromatic heterocycles. The van der Waals surface area contributed by atoms with E-state index in [0.29, 0.717) is 0 Å². The summed E-state index contributed by atoms with van der Waals surface area (Å²) in [6.45, 7) is 0.372. The van der Waals surface area contributed by atoms with Crippen LogP contribution in [0.4, 0.5) is 23.9 Å². The van der Waals surface area contributed by atoms with Crippen molar-refractivity contribution in [1.29, 1.82) is 0 Å². The van der Waals surface area contributed by atoms with E-state index in [-0.39, 0.29) is 33.3 Å². The van der Waals surface area contributed by atoms with Crippen molar-refractivity contribution >= 4 is 33.7 Å². The number of rotatable bonds is 5. The number of nitrogen functional groups attached to an aromatic ring is 1. The maximum absolute atomic E-state index is 12.5. The number of amides is 1. The molecule has 0 spiro atoms. The molecule has 0 unspecified atom stereocenters. The number of hydrogen-bond acceptors (Lipinski definition) is 5. The Balaban J connectivity index is 3.35. The van der Waals surface area contributed by atoms with Crippen LogP contribution < -0.4 is 16.0 Å². The zero-order valence-corrected chi connectivity index (χ0v) is 12.6. The van der Waals surface area contributed by atoms with Crippen LogP contribution in [0.3, 0.4) is 0 Å². The normalized spacial score (nSPS) is 11.3. The van der Waals surface area contributed by atoms with Crippen molar-refractivity contribution in [1.82, 2.24) is 5.32 Å². The third-order valence-electron chi connectivity index (χ3n) is 2.72. The second-order valence-corrected chi connectivity index (χ2v) is 5.35. The number of Topliss-reactive ketones (excluding diaryl/α,β-unsaturated/α-hetero) is 1. The molecule has 0 atom stereocenters. The number of nitrogens with zero attached hydrogens (tertiary/aromatic N) is 1. The molecule has 0 aliphatic rings. The average Bonchev–Trinajstić information content (AvgIpc) is 2.73. The highest BCUT2D eigenvalue weighted by Gasteiger charge is 2.33. The number of anilines is 2. The Morgan fingerprint density at radius 3 is 2.38 bits per heavy atom. The van der Waals surface area contributed by atoms with Gasteiger partial charge in [0.05, 0.1) is 16.1 Å². The number of thiophene rings is 1. The van der Waals surface area contributed by atoms with Crippen LogP contribution in [0, 0.1) is 0 Å². The number of alkyl halides is 3. The summed E-state index contributed by atoms with van der Waals surface area (Å²) < 4.78 is 37.5. The van der Waals surface area contributed by atoms with Crippen molar-refractivity contribution in [3.8, 4) is 0 Å². The smallest absolute Gasteiger partial charge is 0.397 e. The molecule has 0 aliphatic carbocycles. The van der Waals surface area contributed by atoms with E-state index in [2.05, 4.69) is 5.32 Å². The molecule has 0 saturated heterocycles. The molecular formula is C12H16F3N3O2S. The molecule has 1 aromatic rings. The number of nitrogens with one attached hydrogen (secondary N) is 1. The molecule has 0 bridgehead atoms. The van der Waals surface area contributed by atoms with Gasteiger partial charge in [0.2, 0.25) is 0 Å². The Kier molecular flexibility index (Phi) is 5.21. The van der Waals surface area contributed by atoms with Gasteiger partial charge in [0.15, 0.2) is 5.78 Å². The molecule has 5 nitrogen and oxygen atoms in total. The van der Waals surface area contributed by atoms with Gasteiger partial charge < -0.3 is 16.0 Å². The monoisotopic (exact) mass is 323 g/mol.